The van der Waals surface area contributed by atoms with Crippen LogP contribution in [0.4, 0.5) is 0 Å². The summed E-state index contributed by atoms with van der Waals surface area (Å²) in [6, 6.07) is 11.4. The minimum atomic E-state index is 0.181. The predicted octanol–water partition coefficient (Wildman–Crippen LogP) is 3.60. The predicted molar refractivity (Wildman–Crippen MR) is 81.4 cm³/mol. The van der Waals surface area contributed by atoms with Gasteiger partial charge in [0.2, 0.25) is 0 Å². The summed E-state index contributed by atoms with van der Waals surface area (Å²) < 4.78 is 0. The van der Waals surface area contributed by atoms with Gasteiger partial charge in [0, 0.05) is 28.4 Å². The highest BCUT2D eigenvalue weighted by atomic mass is 32.1. The first kappa shape index (κ1) is 12.9. The number of rotatable bonds is 3. The summed E-state index contributed by atoms with van der Waals surface area (Å²) >= 11 is 1.89. The molecule has 1 aromatic carbocycles. The Morgan fingerprint density at radius 2 is 2.00 bits per heavy atom. The summed E-state index contributed by atoms with van der Waals surface area (Å²) in [7, 11) is 0. The van der Waals surface area contributed by atoms with Crippen molar-refractivity contribution in [1.82, 2.24) is 5.32 Å². The van der Waals surface area contributed by atoms with Crippen LogP contribution in [-0.2, 0) is 6.54 Å². The molecule has 0 saturated carbocycles. The van der Waals surface area contributed by atoms with Crippen molar-refractivity contribution in [3.63, 3.8) is 0 Å². The van der Waals surface area contributed by atoms with Crippen molar-refractivity contribution in [1.29, 1.82) is 0 Å². The highest BCUT2D eigenvalue weighted by Crippen LogP contribution is 2.37. The Labute approximate surface area is 118 Å². The van der Waals surface area contributed by atoms with E-state index in [2.05, 4.69) is 49.5 Å². The lowest BCUT2D eigenvalue weighted by Crippen LogP contribution is -2.19. The standard InChI is InChI=1S/C16H20N2S/c1-10-7-12(19-11(10)2)9-18-16-8-15(17)13-5-3-4-6-14(13)16/h3-7,15-16,18H,8-9,17H2,1-2H3. The average molecular weight is 272 g/mol. The third kappa shape index (κ3) is 2.46. The third-order valence-electron chi connectivity index (χ3n) is 4.00. The third-order valence-corrected chi connectivity index (χ3v) is 5.15. The first-order chi connectivity index (χ1) is 9.15. The van der Waals surface area contributed by atoms with Crippen molar-refractivity contribution in [2.45, 2.75) is 38.9 Å². The summed E-state index contributed by atoms with van der Waals surface area (Å²) in [4.78, 5) is 2.83. The van der Waals surface area contributed by atoms with Gasteiger partial charge in [-0.05, 0) is 43.0 Å². The minimum absolute atomic E-state index is 0.181. The summed E-state index contributed by atoms with van der Waals surface area (Å²) in [5.74, 6) is 0. The van der Waals surface area contributed by atoms with Gasteiger partial charge in [0.05, 0.1) is 0 Å². The Hall–Kier alpha value is -1.16. The molecule has 1 aromatic heterocycles. The second-order valence-electron chi connectivity index (χ2n) is 5.36. The molecule has 0 bridgehead atoms. The molecule has 1 aliphatic carbocycles. The molecule has 2 unspecified atom stereocenters. The van der Waals surface area contributed by atoms with Crippen molar-refractivity contribution in [2.24, 2.45) is 5.73 Å². The maximum atomic E-state index is 6.20. The quantitative estimate of drug-likeness (QED) is 0.896. The molecule has 2 aromatic rings. The van der Waals surface area contributed by atoms with Gasteiger partial charge in [-0.1, -0.05) is 24.3 Å². The summed E-state index contributed by atoms with van der Waals surface area (Å²) in [6.45, 7) is 5.30. The van der Waals surface area contributed by atoms with Gasteiger partial charge in [0.1, 0.15) is 0 Å². The Morgan fingerprint density at radius 3 is 2.68 bits per heavy atom. The van der Waals surface area contributed by atoms with E-state index in [0.717, 1.165) is 13.0 Å². The molecule has 0 radical (unpaired) electrons. The number of aryl methyl sites for hydroxylation is 2. The van der Waals surface area contributed by atoms with Gasteiger partial charge in [-0.2, -0.15) is 0 Å². The monoisotopic (exact) mass is 272 g/mol. The first-order valence-electron chi connectivity index (χ1n) is 6.79. The molecule has 3 rings (SSSR count). The maximum Gasteiger partial charge on any atom is 0.0344 e. The number of hydrogen-bond acceptors (Lipinski definition) is 3. The molecule has 2 atom stereocenters. The molecule has 1 aliphatic rings. The van der Waals surface area contributed by atoms with E-state index < -0.39 is 0 Å². The molecule has 19 heavy (non-hydrogen) atoms. The van der Waals surface area contributed by atoms with Gasteiger partial charge in [-0.25, -0.2) is 0 Å². The SMILES string of the molecule is Cc1cc(CNC2CC(N)c3ccccc32)sc1C. The van der Waals surface area contributed by atoms with Gasteiger partial charge < -0.3 is 11.1 Å². The van der Waals surface area contributed by atoms with E-state index in [-0.39, 0.29) is 6.04 Å². The van der Waals surface area contributed by atoms with Crippen molar-refractivity contribution >= 4 is 11.3 Å². The van der Waals surface area contributed by atoms with Crippen LogP contribution in [0.5, 0.6) is 0 Å². The highest BCUT2D eigenvalue weighted by Gasteiger charge is 2.27. The molecule has 2 nitrogen and oxygen atoms in total. The molecule has 0 aliphatic heterocycles. The van der Waals surface area contributed by atoms with Gasteiger partial charge in [-0.3, -0.25) is 0 Å². The smallest absolute Gasteiger partial charge is 0.0344 e. The Morgan fingerprint density at radius 1 is 1.26 bits per heavy atom. The number of fused-ring (bicyclic) bond motifs is 1. The molecular formula is C16H20N2S. The Bertz CT molecular complexity index is 569. The van der Waals surface area contributed by atoms with Crippen LogP contribution in [0.3, 0.4) is 0 Å². The summed E-state index contributed by atoms with van der Waals surface area (Å²) in [5.41, 5.74) is 10.3. The second kappa shape index (κ2) is 5.08. The van der Waals surface area contributed by atoms with E-state index in [9.17, 15) is 0 Å². The zero-order chi connectivity index (χ0) is 13.4. The fourth-order valence-corrected chi connectivity index (χ4v) is 3.83. The van der Waals surface area contributed by atoms with Crippen molar-refractivity contribution < 1.29 is 0 Å². The average Bonchev–Trinajstić information content (AvgIpc) is 2.89. The van der Waals surface area contributed by atoms with E-state index in [4.69, 9.17) is 5.73 Å². The van der Waals surface area contributed by atoms with Crippen LogP contribution >= 0.6 is 11.3 Å². The lowest BCUT2D eigenvalue weighted by atomic mass is 10.1. The molecule has 0 fully saturated rings. The van der Waals surface area contributed by atoms with Gasteiger partial charge >= 0.3 is 0 Å². The minimum Gasteiger partial charge on any atom is -0.324 e. The van der Waals surface area contributed by atoms with Crippen LogP contribution in [0, 0.1) is 13.8 Å². The number of hydrogen-bond donors (Lipinski definition) is 2. The normalized spacial score (nSPS) is 21.6. The number of nitrogens with two attached hydrogens (primary N) is 1. The molecule has 0 amide bonds. The lowest BCUT2D eigenvalue weighted by Gasteiger charge is -2.13. The maximum absolute atomic E-state index is 6.20. The number of thiophene rings is 1. The number of benzene rings is 1. The Kier molecular flexibility index (Phi) is 3.44. The van der Waals surface area contributed by atoms with Crippen LogP contribution < -0.4 is 11.1 Å². The topological polar surface area (TPSA) is 38.0 Å². The van der Waals surface area contributed by atoms with E-state index in [0.29, 0.717) is 6.04 Å². The van der Waals surface area contributed by atoms with Crippen LogP contribution in [0.1, 0.15) is 44.9 Å². The molecular weight excluding hydrogens is 252 g/mol. The van der Waals surface area contributed by atoms with Gasteiger partial charge in [-0.15, -0.1) is 11.3 Å². The van der Waals surface area contributed by atoms with Gasteiger partial charge in [0.25, 0.3) is 0 Å². The van der Waals surface area contributed by atoms with Crippen molar-refractivity contribution in [3.8, 4) is 0 Å². The fourth-order valence-electron chi connectivity index (χ4n) is 2.83. The molecule has 0 saturated heterocycles. The molecule has 100 valence electrons. The molecule has 1 heterocycles. The molecule has 3 N–H and O–H groups in total. The zero-order valence-corrected chi connectivity index (χ0v) is 12.3. The van der Waals surface area contributed by atoms with Crippen LogP contribution in [-0.4, -0.2) is 0 Å². The molecule has 3 heteroatoms. The fraction of sp³-hybridized carbons (Fsp3) is 0.375. The zero-order valence-electron chi connectivity index (χ0n) is 11.4. The first-order valence-corrected chi connectivity index (χ1v) is 7.60. The van der Waals surface area contributed by atoms with Gasteiger partial charge in [0.15, 0.2) is 0 Å². The largest absolute Gasteiger partial charge is 0.324 e. The lowest BCUT2D eigenvalue weighted by molar-refractivity contribution is 0.501. The number of nitrogens with one attached hydrogen (secondary N) is 1. The van der Waals surface area contributed by atoms with Crippen molar-refractivity contribution in [3.05, 3.63) is 56.8 Å². The summed E-state index contributed by atoms with van der Waals surface area (Å²) in [5, 5.41) is 3.66. The van der Waals surface area contributed by atoms with E-state index >= 15 is 0 Å². The highest BCUT2D eigenvalue weighted by molar-refractivity contribution is 7.12. The van der Waals surface area contributed by atoms with E-state index in [1.54, 1.807) is 0 Å². The molecule has 0 spiro atoms. The summed E-state index contributed by atoms with van der Waals surface area (Å²) in [6.07, 6.45) is 1.00. The second-order valence-corrected chi connectivity index (χ2v) is 6.70. The van der Waals surface area contributed by atoms with Crippen LogP contribution in [0.2, 0.25) is 0 Å². The van der Waals surface area contributed by atoms with E-state index in [1.165, 1.54) is 26.4 Å². The Balaban J connectivity index is 1.72. The van der Waals surface area contributed by atoms with Crippen LogP contribution in [0.25, 0.3) is 0 Å². The van der Waals surface area contributed by atoms with Crippen LogP contribution in [0.15, 0.2) is 30.3 Å². The van der Waals surface area contributed by atoms with E-state index in [1.807, 2.05) is 11.3 Å². The van der Waals surface area contributed by atoms with Crippen molar-refractivity contribution in [2.75, 3.05) is 0 Å².